The predicted molar refractivity (Wildman–Crippen MR) is 42.9 cm³/mol. The van der Waals surface area contributed by atoms with Gasteiger partial charge in [0.15, 0.2) is 0 Å². The number of rotatable bonds is 6. The molecular weight excluding hydrogens is 146 g/mol. The van der Waals surface area contributed by atoms with Crippen LogP contribution in [0.25, 0.3) is 0 Å². The van der Waals surface area contributed by atoms with Gasteiger partial charge < -0.3 is 26.7 Å². The molecule has 0 unspecified atom stereocenters. The normalized spacial score (nSPS) is 12.0. The van der Waals surface area contributed by atoms with Gasteiger partial charge in [-0.2, -0.15) is 0 Å². The molecule has 68 valence electrons. The van der Waals surface area contributed by atoms with Crippen molar-refractivity contribution in [2.45, 2.75) is 5.60 Å². The summed E-state index contributed by atoms with van der Waals surface area (Å²) in [7, 11) is 1.54. The zero-order valence-electron chi connectivity index (χ0n) is 6.88. The molecule has 0 heterocycles. The molecule has 0 aromatic rings. The lowest BCUT2D eigenvalue weighted by Gasteiger charge is -2.29. The van der Waals surface area contributed by atoms with Crippen LogP contribution in [0.2, 0.25) is 0 Å². The molecule has 0 radical (unpaired) electrons. The standard InChI is InChI=1S/C6H17N3O2/c1-10-5-11-6(2-7,3-8)4-9/h2-5,7-9H2,1H3. The van der Waals surface area contributed by atoms with E-state index in [0.717, 1.165) is 0 Å². The van der Waals surface area contributed by atoms with Crippen molar-refractivity contribution in [2.24, 2.45) is 17.2 Å². The van der Waals surface area contributed by atoms with Gasteiger partial charge in [-0.3, -0.25) is 0 Å². The molecule has 0 bridgehead atoms. The van der Waals surface area contributed by atoms with Crippen molar-refractivity contribution in [3.05, 3.63) is 0 Å². The van der Waals surface area contributed by atoms with Crippen LogP contribution in [-0.2, 0) is 9.47 Å². The van der Waals surface area contributed by atoms with Gasteiger partial charge in [-0.05, 0) is 0 Å². The quantitative estimate of drug-likeness (QED) is 0.402. The number of methoxy groups -OCH3 is 1. The smallest absolute Gasteiger partial charge is 0.147 e. The van der Waals surface area contributed by atoms with Crippen molar-refractivity contribution < 1.29 is 9.47 Å². The number of nitrogens with two attached hydrogens (primary N) is 3. The predicted octanol–water partition coefficient (Wildman–Crippen LogP) is -1.78. The van der Waals surface area contributed by atoms with Crippen molar-refractivity contribution >= 4 is 0 Å². The van der Waals surface area contributed by atoms with Gasteiger partial charge in [-0.15, -0.1) is 0 Å². The van der Waals surface area contributed by atoms with Crippen molar-refractivity contribution in [2.75, 3.05) is 33.5 Å². The molecule has 0 saturated heterocycles. The molecule has 0 fully saturated rings. The average molecular weight is 163 g/mol. The molecule has 0 aliphatic heterocycles. The van der Waals surface area contributed by atoms with Crippen molar-refractivity contribution in [1.82, 2.24) is 0 Å². The second-order valence-corrected chi connectivity index (χ2v) is 2.35. The fraction of sp³-hybridized carbons (Fsp3) is 1.00. The summed E-state index contributed by atoms with van der Waals surface area (Å²) in [5.74, 6) is 0. The molecule has 0 atom stereocenters. The van der Waals surface area contributed by atoms with E-state index in [4.69, 9.17) is 26.7 Å². The van der Waals surface area contributed by atoms with Crippen molar-refractivity contribution in [3.63, 3.8) is 0 Å². The van der Waals surface area contributed by atoms with Gasteiger partial charge >= 0.3 is 0 Å². The zero-order valence-corrected chi connectivity index (χ0v) is 6.88. The van der Waals surface area contributed by atoms with E-state index in [2.05, 4.69) is 0 Å². The van der Waals surface area contributed by atoms with Crippen LogP contribution < -0.4 is 17.2 Å². The van der Waals surface area contributed by atoms with Crippen LogP contribution >= 0.6 is 0 Å². The van der Waals surface area contributed by atoms with Crippen molar-refractivity contribution in [1.29, 1.82) is 0 Å². The molecule has 6 N–H and O–H groups in total. The zero-order chi connectivity index (χ0) is 8.74. The molecular formula is C6H17N3O2. The highest BCUT2D eigenvalue weighted by molar-refractivity contribution is 4.83. The third kappa shape index (κ3) is 3.13. The van der Waals surface area contributed by atoms with Crippen LogP contribution in [0.4, 0.5) is 0 Å². The number of hydrogen-bond acceptors (Lipinski definition) is 5. The Morgan fingerprint density at radius 3 is 1.82 bits per heavy atom. The molecule has 0 spiro atoms. The Morgan fingerprint density at radius 1 is 1.09 bits per heavy atom. The van der Waals surface area contributed by atoms with Crippen LogP contribution in [0.1, 0.15) is 0 Å². The Bertz CT molecular complexity index is 87.6. The molecule has 0 aliphatic carbocycles. The Balaban J connectivity index is 3.84. The number of ether oxygens (including phenoxy) is 2. The summed E-state index contributed by atoms with van der Waals surface area (Å²) < 4.78 is 9.94. The summed E-state index contributed by atoms with van der Waals surface area (Å²) in [4.78, 5) is 0. The number of hydrogen-bond donors (Lipinski definition) is 3. The molecule has 0 rings (SSSR count). The molecule has 0 aromatic carbocycles. The maximum absolute atomic E-state index is 5.43. The van der Waals surface area contributed by atoms with E-state index in [-0.39, 0.29) is 6.79 Å². The first kappa shape index (κ1) is 10.8. The highest BCUT2D eigenvalue weighted by Gasteiger charge is 2.25. The Morgan fingerprint density at radius 2 is 1.55 bits per heavy atom. The first-order valence-electron chi connectivity index (χ1n) is 3.48. The summed E-state index contributed by atoms with van der Waals surface area (Å²) in [6, 6.07) is 0. The van der Waals surface area contributed by atoms with E-state index < -0.39 is 5.60 Å². The first-order chi connectivity index (χ1) is 5.24. The lowest BCUT2D eigenvalue weighted by Crippen LogP contribution is -2.53. The van der Waals surface area contributed by atoms with E-state index in [0.29, 0.717) is 19.6 Å². The SMILES string of the molecule is COCOC(CN)(CN)CN. The Kier molecular flexibility index (Phi) is 5.35. The van der Waals surface area contributed by atoms with Gasteiger partial charge in [-0.25, -0.2) is 0 Å². The monoisotopic (exact) mass is 163 g/mol. The minimum Gasteiger partial charge on any atom is -0.359 e. The molecule has 0 saturated carbocycles. The summed E-state index contributed by atoms with van der Waals surface area (Å²) in [5, 5.41) is 0. The molecule has 11 heavy (non-hydrogen) atoms. The minimum atomic E-state index is -0.615. The van der Waals surface area contributed by atoms with Gasteiger partial charge in [0.2, 0.25) is 0 Å². The second kappa shape index (κ2) is 5.45. The maximum Gasteiger partial charge on any atom is 0.147 e. The van der Waals surface area contributed by atoms with Crippen LogP contribution in [0.15, 0.2) is 0 Å². The largest absolute Gasteiger partial charge is 0.359 e. The van der Waals surface area contributed by atoms with Gasteiger partial charge in [0.05, 0.1) is 0 Å². The Labute approximate surface area is 66.8 Å². The van der Waals surface area contributed by atoms with E-state index in [9.17, 15) is 0 Å². The molecule has 5 heteroatoms. The fourth-order valence-corrected chi connectivity index (χ4v) is 0.611. The Hall–Kier alpha value is -0.200. The lowest BCUT2D eigenvalue weighted by atomic mass is 10.1. The first-order valence-corrected chi connectivity index (χ1v) is 3.48. The summed E-state index contributed by atoms with van der Waals surface area (Å²) >= 11 is 0. The third-order valence-electron chi connectivity index (χ3n) is 1.60. The summed E-state index contributed by atoms with van der Waals surface area (Å²) in [6.07, 6.45) is 0. The van der Waals surface area contributed by atoms with Crippen LogP contribution in [0.5, 0.6) is 0 Å². The van der Waals surface area contributed by atoms with Gasteiger partial charge in [0.1, 0.15) is 12.4 Å². The van der Waals surface area contributed by atoms with Gasteiger partial charge in [-0.1, -0.05) is 0 Å². The highest BCUT2D eigenvalue weighted by atomic mass is 16.7. The van der Waals surface area contributed by atoms with Crippen LogP contribution in [-0.4, -0.2) is 39.1 Å². The summed E-state index contributed by atoms with van der Waals surface area (Å²) in [6.45, 7) is 1.10. The average Bonchev–Trinajstić information content (AvgIpc) is 2.08. The van der Waals surface area contributed by atoms with Crippen LogP contribution in [0.3, 0.4) is 0 Å². The van der Waals surface area contributed by atoms with E-state index >= 15 is 0 Å². The molecule has 0 aliphatic rings. The van der Waals surface area contributed by atoms with E-state index in [1.54, 1.807) is 0 Å². The minimum absolute atomic E-state index is 0.172. The third-order valence-corrected chi connectivity index (χ3v) is 1.60. The molecule has 0 amide bonds. The van der Waals surface area contributed by atoms with Crippen LogP contribution in [0, 0.1) is 0 Å². The van der Waals surface area contributed by atoms with Crippen molar-refractivity contribution in [3.8, 4) is 0 Å². The highest BCUT2D eigenvalue weighted by Crippen LogP contribution is 2.04. The van der Waals surface area contributed by atoms with E-state index in [1.807, 2.05) is 0 Å². The van der Waals surface area contributed by atoms with Gasteiger partial charge in [0, 0.05) is 26.7 Å². The molecule has 5 nitrogen and oxygen atoms in total. The lowest BCUT2D eigenvalue weighted by molar-refractivity contribution is -0.117. The van der Waals surface area contributed by atoms with Gasteiger partial charge in [0.25, 0.3) is 0 Å². The fourth-order valence-electron chi connectivity index (χ4n) is 0.611. The second-order valence-electron chi connectivity index (χ2n) is 2.35. The summed E-state index contributed by atoms with van der Waals surface area (Å²) in [5.41, 5.74) is 15.7. The topological polar surface area (TPSA) is 96.5 Å². The maximum atomic E-state index is 5.43. The van der Waals surface area contributed by atoms with E-state index in [1.165, 1.54) is 7.11 Å². The molecule has 0 aromatic heterocycles.